The van der Waals surface area contributed by atoms with E-state index in [9.17, 15) is 4.79 Å². The monoisotopic (exact) mass is 149 g/mol. The predicted molar refractivity (Wildman–Crippen MR) is 40.1 cm³/mol. The Morgan fingerprint density at radius 3 is 3.00 bits per heavy atom. The molecule has 2 heterocycles. The fourth-order valence-corrected chi connectivity index (χ4v) is 1.03. The van der Waals surface area contributed by atoms with Crippen LogP contribution in [0.2, 0.25) is 0 Å². The molecule has 4 heteroatoms. The maximum absolute atomic E-state index is 10.7. The average molecular weight is 149 g/mol. The van der Waals surface area contributed by atoms with Gasteiger partial charge in [0.25, 0.3) is 0 Å². The van der Waals surface area contributed by atoms with Gasteiger partial charge in [-0.15, -0.1) is 0 Å². The first kappa shape index (κ1) is 6.15. The molecular formula is C7H7N3O. The van der Waals surface area contributed by atoms with Gasteiger partial charge in [-0.25, -0.2) is 5.43 Å². The standard InChI is InChI=1S/C7H7N3O/c11-7-4-6(9-10-7)5-2-1-3-8-5/h1-3,8H,4H2,(H,10,11). The number of amides is 1. The number of aromatic amines is 1. The number of hydrogen-bond acceptors (Lipinski definition) is 2. The first-order valence-corrected chi connectivity index (χ1v) is 3.35. The molecule has 0 saturated carbocycles. The third-order valence-corrected chi connectivity index (χ3v) is 1.55. The van der Waals surface area contributed by atoms with Crippen molar-refractivity contribution in [2.45, 2.75) is 6.42 Å². The predicted octanol–water partition coefficient (Wildman–Crippen LogP) is 0.239. The fourth-order valence-electron chi connectivity index (χ4n) is 1.03. The summed E-state index contributed by atoms with van der Waals surface area (Å²) in [5.74, 6) is -0.0467. The van der Waals surface area contributed by atoms with Crippen molar-refractivity contribution in [2.75, 3.05) is 0 Å². The van der Waals surface area contributed by atoms with Gasteiger partial charge in [0, 0.05) is 6.20 Å². The SMILES string of the molecule is O=C1CC(c2ccc[nH]2)=NN1. The van der Waals surface area contributed by atoms with E-state index >= 15 is 0 Å². The Labute approximate surface area is 63.3 Å². The third-order valence-electron chi connectivity index (χ3n) is 1.55. The normalized spacial score (nSPS) is 16.4. The van der Waals surface area contributed by atoms with Crippen LogP contribution in [-0.4, -0.2) is 16.6 Å². The molecule has 0 unspecified atom stereocenters. The summed E-state index contributed by atoms with van der Waals surface area (Å²) in [6, 6.07) is 3.76. The van der Waals surface area contributed by atoms with Crippen molar-refractivity contribution < 1.29 is 4.79 Å². The lowest BCUT2D eigenvalue weighted by Gasteiger charge is -1.89. The number of carbonyl (C=O) groups is 1. The van der Waals surface area contributed by atoms with Crippen molar-refractivity contribution in [3.05, 3.63) is 24.0 Å². The van der Waals surface area contributed by atoms with Gasteiger partial charge >= 0.3 is 0 Å². The molecule has 1 aromatic rings. The number of aromatic nitrogens is 1. The smallest absolute Gasteiger partial charge is 0.246 e. The summed E-state index contributed by atoms with van der Waals surface area (Å²) in [4.78, 5) is 13.7. The van der Waals surface area contributed by atoms with E-state index in [0.29, 0.717) is 6.42 Å². The second-order valence-corrected chi connectivity index (χ2v) is 2.35. The third kappa shape index (κ3) is 1.02. The van der Waals surface area contributed by atoms with E-state index in [1.807, 2.05) is 12.1 Å². The zero-order chi connectivity index (χ0) is 7.68. The van der Waals surface area contributed by atoms with Crippen molar-refractivity contribution in [2.24, 2.45) is 5.10 Å². The van der Waals surface area contributed by atoms with Crippen LogP contribution in [-0.2, 0) is 4.79 Å². The Hall–Kier alpha value is -1.58. The number of nitrogens with zero attached hydrogens (tertiary/aromatic N) is 1. The van der Waals surface area contributed by atoms with Crippen LogP contribution >= 0.6 is 0 Å². The minimum absolute atomic E-state index is 0.0467. The molecule has 0 radical (unpaired) electrons. The van der Waals surface area contributed by atoms with Gasteiger partial charge in [0.05, 0.1) is 17.8 Å². The molecule has 4 nitrogen and oxygen atoms in total. The van der Waals surface area contributed by atoms with Crippen LogP contribution in [0.4, 0.5) is 0 Å². The molecule has 1 aliphatic rings. The molecule has 1 amide bonds. The Morgan fingerprint density at radius 2 is 2.45 bits per heavy atom. The number of hydrazone groups is 1. The van der Waals surface area contributed by atoms with Crippen LogP contribution < -0.4 is 5.43 Å². The Bertz CT molecular complexity index is 299. The molecule has 0 fully saturated rings. The van der Waals surface area contributed by atoms with E-state index in [0.717, 1.165) is 11.4 Å². The molecule has 0 atom stereocenters. The second kappa shape index (κ2) is 2.23. The highest BCUT2D eigenvalue weighted by molar-refractivity contribution is 6.12. The molecule has 0 saturated heterocycles. The van der Waals surface area contributed by atoms with E-state index in [-0.39, 0.29) is 5.91 Å². The molecule has 0 aliphatic carbocycles. The van der Waals surface area contributed by atoms with Gasteiger partial charge in [-0.05, 0) is 12.1 Å². The number of hydrogen-bond donors (Lipinski definition) is 2. The summed E-state index contributed by atoms with van der Waals surface area (Å²) in [7, 11) is 0. The molecule has 0 spiro atoms. The first-order valence-electron chi connectivity index (χ1n) is 3.35. The van der Waals surface area contributed by atoms with Gasteiger partial charge in [-0.3, -0.25) is 4.79 Å². The van der Waals surface area contributed by atoms with Crippen LogP contribution in [0.3, 0.4) is 0 Å². The lowest BCUT2D eigenvalue weighted by atomic mass is 10.2. The molecule has 1 aromatic heterocycles. The summed E-state index contributed by atoms with van der Waals surface area (Å²) in [5, 5.41) is 3.85. The van der Waals surface area contributed by atoms with Crippen molar-refractivity contribution in [1.82, 2.24) is 10.4 Å². The van der Waals surface area contributed by atoms with Crippen molar-refractivity contribution >= 4 is 11.6 Å². The fraction of sp³-hybridized carbons (Fsp3) is 0.143. The molecule has 0 bridgehead atoms. The average Bonchev–Trinajstić information content (AvgIpc) is 2.55. The minimum atomic E-state index is -0.0467. The number of rotatable bonds is 1. The van der Waals surface area contributed by atoms with Gasteiger partial charge in [-0.2, -0.15) is 5.10 Å². The van der Waals surface area contributed by atoms with Gasteiger partial charge in [0.2, 0.25) is 5.91 Å². The summed E-state index contributed by atoms with van der Waals surface area (Å²) >= 11 is 0. The van der Waals surface area contributed by atoms with Crippen LogP contribution in [0.5, 0.6) is 0 Å². The zero-order valence-electron chi connectivity index (χ0n) is 5.79. The van der Waals surface area contributed by atoms with E-state index < -0.39 is 0 Å². The van der Waals surface area contributed by atoms with Gasteiger partial charge < -0.3 is 4.98 Å². The molecule has 1 aliphatic heterocycles. The van der Waals surface area contributed by atoms with E-state index in [1.54, 1.807) is 6.20 Å². The highest BCUT2D eigenvalue weighted by atomic mass is 16.2. The van der Waals surface area contributed by atoms with Gasteiger partial charge in [0.1, 0.15) is 0 Å². The summed E-state index contributed by atoms with van der Waals surface area (Å²) in [6.07, 6.45) is 2.18. The van der Waals surface area contributed by atoms with E-state index in [4.69, 9.17) is 0 Å². The van der Waals surface area contributed by atoms with Crippen LogP contribution in [0, 0.1) is 0 Å². The first-order chi connectivity index (χ1) is 5.36. The quantitative estimate of drug-likeness (QED) is 0.590. The van der Waals surface area contributed by atoms with E-state index in [1.165, 1.54) is 0 Å². The highest BCUT2D eigenvalue weighted by Crippen LogP contribution is 2.04. The number of carbonyl (C=O) groups excluding carboxylic acids is 1. The molecule has 11 heavy (non-hydrogen) atoms. The van der Waals surface area contributed by atoms with Crippen LogP contribution in [0.25, 0.3) is 0 Å². The molecule has 2 N–H and O–H groups in total. The maximum Gasteiger partial charge on any atom is 0.246 e. The Balaban J connectivity index is 2.26. The lowest BCUT2D eigenvalue weighted by Crippen LogP contribution is -2.09. The van der Waals surface area contributed by atoms with Crippen molar-refractivity contribution in [3.8, 4) is 0 Å². The topological polar surface area (TPSA) is 57.2 Å². The van der Waals surface area contributed by atoms with Gasteiger partial charge in [0.15, 0.2) is 0 Å². The summed E-state index contributed by atoms with van der Waals surface area (Å²) in [6.45, 7) is 0. The molecule has 2 rings (SSSR count). The number of H-pyrrole nitrogens is 1. The minimum Gasteiger partial charge on any atom is -0.360 e. The second-order valence-electron chi connectivity index (χ2n) is 2.35. The molecular weight excluding hydrogens is 142 g/mol. The van der Waals surface area contributed by atoms with Crippen molar-refractivity contribution in [1.29, 1.82) is 0 Å². The summed E-state index contributed by atoms with van der Waals surface area (Å²) in [5.41, 5.74) is 4.07. The summed E-state index contributed by atoms with van der Waals surface area (Å²) < 4.78 is 0. The maximum atomic E-state index is 10.7. The van der Waals surface area contributed by atoms with Gasteiger partial charge in [-0.1, -0.05) is 0 Å². The lowest BCUT2D eigenvalue weighted by molar-refractivity contribution is -0.119. The number of nitrogens with one attached hydrogen (secondary N) is 2. The largest absolute Gasteiger partial charge is 0.360 e. The highest BCUT2D eigenvalue weighted by Gasteiger charge is 2.15. The van der Waals surface area contributed by atoms with Crippen molar-refractivity contribution in [3.63, 3.8) is 0 Å². The Kier molecular flexibility index (Phi) is 1.25. The molecule has 56 valence electrons. The Morgan fingerprint density at radius 1 is 1.55 bits per heavy atom. The van der Waals surface area contributed by atoms with E-state index in [2.05, 4.69) is 15.5 Å². The zero-order valence-corrected chi connectivity index (χ0v) is 5.79. The molecule has 0 aromatic carbocycles. The van der Waals surface area contributed by atoms with Crippen LogP contribution in [0.15, 0.2) is 23.4 Å². The van der Waals surface area contributed by atoms with Crippen LogP contribution in [0.1, 0.15) is 12.1 Å².